The van der Waals surface area contributed by atoms with Crippen molar-refractivity contribution in [2.75, 3.05) is 7.11 Å². The fourth-order valence-corrected chi connectivity index (χ4v) is 7.35. The van der Waals surface area contributed by atoms with E-state index in [9.17, 15) is 14.4 Å². The van der Waals surface area contributed by atoms with Gasteiger partial charge in [-0.1, -0.05) is 12.1 Å². The third-order valence-electron chi connectivity index (χ3n) is 8.29. The maximum atomic E-state index is 13.8. The summed E-state index contributed by atoms with van der Waals surface area (Å²) in [6, 6.07) is 6.77. The Labute approximate surface area is 194 Å². The van der Waals surface area contributed by atoms with E-state index in [0.29, 0.717) is 42.9 Å². The van der Waals surface area contributed by atoms with Gasteiger partial charge in [0.25, 0.3) is 5.91 Å². The molecule has 8 nitrogen and oxygen atoms in total. The first-order valence-electron chi connectivity index (χ1n) is 12.1. The number of amides is 4. The molecule has 4 amide bonds. The third kappa shape index (κ3) is 3.98. The maximum Gasteiger partial charge on any atom is 0.328 e. The molecule has 33 heavy (non-hydrogen) atoms. The molecule has 4 aliphatic carbocycles. The Kier molecular flexibility index (Phi) is 5.80. The van der Waals surface area contributed by atoms with Crippen LogP contribution >= 0.6 is 0 Å². The zero-order chi connectivity index (χ0) is 23.2. The lowest BCUT2D eigenvalue weighted by atomic mass is 9.52. The first kappa shape index (κ1) is 22.2. The van der Waals surface area contributed by atoms with Gasteiger partial charge in [-0.2, -0.15) is 0 Å². The molecule has 1 unspecified atom stereocenters. The van der Waals surface area contributed by atoms with Gasteiger partial charge < -0.3 is 9.64 Å². The van der Waals surface area contributed by atoms with Crippen molar-refractivity contribution in [3.05, 3.63) is 29.8 Å². The van der Waals surface area contributed by atoms with Gasteiger partial charge in [-0.15, -0.1) is 0 Å². The lowest BCUT2D eigenvalue weighted by Crippen LogP contribution is -2.62. The first-order valence-corrected chi connectivity index (χ1v) is 12.1. The normalized spacial score (nSPS) is 32.5. The monoisotopic (exact) mass is 455 g/mol. The van der Waals surface area contributed by atoms with Gasteiger partial charge in [0.1, 0.15) is 11.8 Å². The molecular weight excluding hydrogens is 422 g/mol. The second-order valence-electron chi connectivity index (χ2n) is 10.5. The molecule has 5 aliphatic rings. The summed E-state index contributed by atoms with van der Waals surface area (Å²) < 4.78 is 5.33. The Hall–Kier alpha value is -2.61. The predicted octanol–water partition coefficient (Wildman–Crippen LogP) is 3.47. The van der Waals surface area contributed by atoms with Gasteiger partial charge in [0.15, 0.2) is 0 Å². The molecule has 1 heterocycles. The number of methoxy groups -OCH3 is 1. The van der Waals surface area contributed by atoms with Crippen molar-refractivity contribution in [2.45, 2.75) is 75.9 Å². The fraction of sp³-hybridized carbons (Fsp3) is 0.640. The molecule has 1 aromatic rings. The largest absolute Gasteiger partial charge is 0.497 e. The van der Waals surface area contributed by atoms with Crippen LogP contribution in [-0.2, 0) is 16.1 Å². The van der Waals surface area contributed by atoms with Gasteiger partial charge in [0.2, 0.25) is 5.91 Å². The summed E-state index contributed by atoms with van der Waals surface area (Å²) in [6.45, 7) is 0.321. The lowest BCUT2D eigenvalue weighted by molar-refractivity contribution is -0.141. The smallest absolute Gasteiger partial charge is 0.328 e. The summed E-state index contributed by atoms with van der Waals surface area (Å²) in [5.41, 5.74) is 2.21. The number of nitrogens with one attached hydrogen (secondary N) is 1. The molecular formula is C25H33N3O5. The second kappa shape index (κ2) is 8.63. The first-order chi connectivity index (χ1) is 15.9. The number of ether oxygens (including phenoxy) is 1. The highest BCUT2D eigenvalue weighted by Crippen LogP contribution is 2.58. The van der Waals surface area contributed by atoms with Crippen LogP contribution in [0.4, 0.5) is 4.79 Å². The van der Waals surface area contributed by atoms with E-state index in [-0.39, 0.29) is 23.9 Å². The van der Waals surface area contributed by atoms with Crippen molar-refractivity contribution in [3.63, 3.8) is 0 Å². The zero-order valence-corrected chi connectivity index (χ0v) is 19.2. The minimum absolute atomic E-state index is 0.110. The molecule has 0 spiro atoms. The van der Waals surface area contributed by atoms with Gasteiger partial charge in [-0.25, -0.2) is 10.3 Å². The minimum atomic E-state index is -0.594. The number of rotatable bonds is 8. The number of hydroxylamine groups is 1. The van der Waals surface area contributed by atoms with E-state index in [1.807, 2.05) is 24.3 Å². The molecule has 1 saturated heterocycles. The molecule has 2 N–H and O–H groups in total. The zero-order valence-electron chi connectivity index (χ0n) is 19.2. The average Bonchev–Trinajstić information content (AvgIpc) is 3.02. The van der Waals surface area contributed by atoms with Crippen LogP contribution in [0.5, 0.6) is 5.75 Å². The van der Waals surface area contributed by atoms with Crippen LogP contribution in [0.25, 0.3) is 0 Å². The van der Waals surface area contributed by atoms with Crippen LogP contribution in [0, 0.1) is 17.8 Å². The van der Waals surface area contributed by atoms with E-state index in [1.54, 1.807) is 22.4 Å². The van der Waals surface area contributed by atoms with E-state index >= 15 is 0 Å². The second-order valence-corrected chi connectivity index (χ2v) is 10.5. The van der Waals surface area contributed by atoms with Gasteiger partial charge in [0, 0.05) is 13.0 Å². The molecule has 1 aromatic carbocycles. The standard InChI is InChI=1S/C25H33N3O5/c1-33-20-5-2-4-16(11-20)15-27-21(6-3-7-22(29)26-32)23(30)28(24(27)31)25-12-17-8-18(13-25)10-19(9-17)14-25/h2,4-5,11,17-19,21,32H,3,6-10,12-15H2,1H3,(H,26,29). The van der Waals surface area contributed by atoms with Crippen LogP contribution in [0.15, 0.2) is 24.3 Å². The quantitative estimate of drug-likeness (QED) is 0.355. The molecule has 5 fully saturated rings. The number of benzene rings is 1. The van der Waals surface area contributed by atoms with E-state index in [0.717, 1.165) is 24.8 Å². The number of urea groups is 1. The molecule has 1 aliphatic heterocycles. The summed E-state index contributed by atoms with van der Waals surface area (Å²) in [4.78, 5) is 42.5. The lowest BCUT2D eigenvalue weighted by Gasteiger charge is -2.58. The Morgan fingerprint density at radius 3 is 2.42 bits per heavy atom. The van der Waals surface area contributed by atoms with Crippen molar-refractivity contribution in [1.29, 1.82) is 0 Å². The predicted molar refractivity (Wildman–Crippen MR) is 119 cm³/mol. The molecule has 8 heteroatoms. The van der Waals surface area contributed by atoms with E-state index < -0.39 is 11.9 Å². The Morgan fingerprint density at radius 2 is 1.82 bits per heavy atom. The van der Waals surface area contributed by atoms with Crippen molar-refractivity contribution in [3.8, 4) is 5.75 Å². The van der Waals surface area contributed by atoms with Gasteiger partial charge in [-0.3, -0.25) is 19.7 Å². The molecule has 1 atom stereocenters. The summed E-state index contributed by atoms with van der Waals surface area (Å²) in [5, 5.41) is 8.80. The molecule has 6 rings (SSSR count). The fourth-order valence-electron chi connectivity index (χ4n) is 7.35. The highest BCUT2D eigenvalue weighted by Gasteiger charge is 2.60. The van der Waals surface area contributed by atoms with Crippen LogP contribution in [-0.4, -0.2) is 51.5 Å². The number of nitrogens with zero attached hydrogens (tertiary/aromatic N) is 2. The molecule has 178 valence electrons. The Morgan fingerprint density at radius 1 is 1.15 bits per heavy atom. The number of carbonyl (C=O) groups excluding carboxylic acids is 3. The van der Waals surface area contributed by atoms with E-state index in [4.69, 9.17) is 9.94 Å². The summed E-state index contributed by atoms with van der Waals surface area (Å²) in [7, 11) is 1.60. The number of hydrogen-bond acceptors (Lipinski definition) is 5. The van der Waals surface area contributed by atoms with Crippen molar-refractivity contribution >= 4 is 17.8 Å². The van der Waals surface area contributed by atoms with Crippen LogP contribution in [0.3, 0.4) is 0 Å². The average molecular weight is 456 g/mol. The molecule has 0 radical (unpaired) electrons. The number of carbonyl (C=O) groups is 3. The Balaban J connectivity index is 1.41. The summed E-state index contributed by atoms with van der Waals surface area (Å²) in [5.74, 6) is 1.97. The molecule has 4 bridgehead atoms. The molecule has 4 saturated carbocycles. The van der Waals surface area contributed by atoms with Crippen molar-refractivity contribution < 1.29 is 24.3 Å². The topological polar surface area (TPSA) is 99.2 Å². The summed E-state index contributed by atoms with van der Waals surface area (Å²) in [6.07, 6.45) is 7.44. The van der Waals surface area contributed by atoms with Crippen molar-refractivity contribution in [2.24, 2.45) is 17.8 Å². The highest BCUT2D eigenvalue weighted by molar-refractivity contribution is 6.05. The van der Waals surface area contributed by atoms with Crippen molar-refractivity contribution in [1.82, 2.24) is 15.3 Å². The summed E-state index contributed by atoms with van der Waals surface area (Å²) >= 11 is 0. The van der Waals surface area contributed by atoms with Crippen LogP contribution < -0.4 is 10.2 Å². The van der Waals surface area contributed by atoms with Gasteiger partial charge in [-0.05, 0) is 86.8 Å². The SMILES string of the molecule is COc1cccc(CN2C(=O)N(C34CC5CC(CC(C5)C3)C4)C(=O)C2CCCC(=O)NO)c1. The van der Waals surface area contributed by atoms with Crippen LogP contribution in [0.1, 0.15) is 63.4 Å². The van der Waals surface area contributed by atoms with Gasteiger partial charge in [0.05, 0.1) is 12.6 Å². The molecule has 0 aromatic heterocycles. The maximum absolute atomic E-state index is 13.8. The third-order valence-corrected chi connectivity index (χ3v) is 8.29. The Bertz CT molecular complexity index is 912. The van der Waals surface area contributed by atoms with E-state index in [2.05, 4.69) is 0 Å². The van der Waals surface area contributed by atoms with Crippen LogP contribution in [0.2, 0.25) is 0 Å². The van der Waals surface area contributed by atoms with Gasteiger partial charge >= 0.3 is 6.03 Å². The van der Waals surface area contributed by atoms with E-state index in [1.165, 1.54) is 19.3 Å². The number of imide groups is 1. The minimum Gasteiger partial charge on any atom is -0.497 e. The highest BCUT2D eigenvalue weighted by atomic mass is 16.5. The number of hydrogen-bond donors (Lipinski definition) is 2.